The summed E-state index contributed by atoms with van der Waals surface area (Å²) in [5.41, 5.74) is 1.92. The van der Waals surface area contributed by atoms with E-state index in [4.69, 9.17) is 16.3 Å². The molecule has 0 fully saturated rings. The molecule has 208 valence electrons. The summed E-state index contributed by atoms with van der Waals surface area (Å²) >= 11 is 6.06. The Bertz CT molecular complexity index is 1380. The van der Waals surface area contributed by atoms with E-state index in [1.807, 2.05) is 19.9 Å². The number of likely N-dealkylation sites (N-methyl/N-ethyl adjacent to an activating group) is 1. The number of carbonyl (C=O) groups excluding carboxylic acids is 2. The van der Waals surface area contributed by atoms with E-state index >= 15 is 0 Å². The molecule has 3 rings (SSSR count). The number of nitrogens with zero attached hydrogens (tertiary/aromatic N) is 2. The van der Waals surface area contributed by atoms with Crippen molar-refractivity contribution in [3.05, 3.63) is 88.9 Å². The van der Waals surface area contributed by atoms with Crippen LogP contribution in [-0.2, 0) is 26.2 Å². The van der Waals surface area contributed by atoms with Crippen molar-refractivity contribution in [2.75, 3.05) is 24.5 Å². The van der Waals surface area contributed by atoms with Gasteiger partial charge in [0.25, 0.3) is 10.0 Å². The lowest BCUT2D eigenvalue weighted by Gasteiger charge is -2.33. The molecule has 0 saturated heterocycles. The number of anilines is 1. The molecular weight excluding hydrogens is 538 g/mol. The SMILES string of the molecule is CCNC(=O)[C@H](CC)N(Cc1cccc(OC)c1)C(=O)CN(c1ccc(Cl)cc1)S(=O)(=O)c1ccc(C)cc1. The summed E-state index contributed by atoms with van der Waals surface area (Å²) in [5, 5.41) is 3.22. The van der Waals surface area contributed by atoms with Gasteiger partial charge in [-0.05, 0) is 74.4 Å². The van der Waals surface area contributed by atoms with Crippen LogP contribution in [0.4, 0.5) is 5.69 Å². The maximum Gasteiger partial charge on any atom is 0.264 e. The van der Waals surface area contributed by atoms with Gasteiger partial charge in [-0.2, -0.15) is 0 Å². The molecule has 39 heavy (non-hydrogen) atoms. The molecule has 0 heterocycles. The minimum atomic E-state index is -4.14. The average molecular weight is 572 g/mol. The highest BCUT2D eigenvalue weighted by molar-refractivity contribution is 7.92. The van der Waals surface area contributed by atoms with Crippen LogP contribution >= 0.6 is 11.6 Å². The van der Waals surface area contributed by atoms with Crippen molar-refractivity contribution in [2.24, 2.45) is 0 Å². The van der Waals surface area contributed by atoms with E-state index in [1.165, 1.54) is 17.0 Å². The number of hydrogen-bond acceptors (Lipinski definition) is 5. The van der Waals surface area contributed by atoms with E-state index < -0.39 is 28.5 Å². The zero-order valence-corrected chi connectivity index (χ0v) is 24.1. The predicted molar refractivity (Wildman–Crippen MR) is 153 cm³/mol. The number of amides is 2. The van der Waals surface area contributed by atoms with E-state index in [9.17, 15) is 18.0 Å². The van der Waals surface area contributed by atoms with E-state index in [2.05, 4.69) is 5.32 Å². The maximum atomic E-state index is 14.0. The van der Waals surface area contributed by atoms with Crippen LogP contribution < -0.4 is 14.4 Å². The minimum Gasteiger partial charge on any atom is -0.497 e. The first kappa shape index (κ1) is 30.0. The van der Waals surface area contributed by atoms with Crippen molar-refractivity contribution < 1.29 is 22.7 Å². The highest BCUT2D eigenvalue weighted by atomic mass is 35.5. The second kappa shape index (κ2) is 13.5. The maximum absolute atomic E-state index is 14.0. The van der Waals surface area contributed by atoms with Gasteiger partial charge in [-0.1, -0.05) is 48.4 Å². The minimum absolute atomic E-state index is 0.0472. The molecule has 0 aliphatic carbocycles. The van der Waals surface area contributed by atoms with Crippen LogP contribution in [-0.4, -0.2) is 51.4 Å². The summed E-state index contributed by atoms with van der Waals surface area (Å²) in [4.78, 5) is 28.4. The van der Waals surface area contributed by atoms with Crippen LogP contribution in [0.5, 0.6) is 5.75 Å². The van der Waals surface area contributed by atoms with Gasteiger partial charge in [-0.15, -0.1) is 0 Å². The molecule has 8 nitrogen and oxygen atoms in total. The van der Waals surface area contributed by atoms with Gasteiger partial charge in [0.15, 0.2) is 0 Å². The normalized spacial score (nSPS) is 11.9. The van der Waals surface area contributed by atoms with Crippen LogP contribution in [0.2, 0.25) is 5.02 Å². The topological polar surface area (TPSA) is 96.0 Å². The summed E-state index contributed by atoms with van der Waals surface area (Å²) in [5.74, 6) is -0.229. The number of nitrogens with one attached hydrogen (secondary N) is 1. The van der Waals surface area contributed by atoms with Crippen LogP contribution in [0.25, 0.3) is 0 Å². The second-order valence-electron chi connectivity index (χ2n) is 8.99. The number of aryl methyl sites for hydroxylation is 1. The number of sulfonamides is 1. The second-order valence-corrected chi connectivity index (χ2v) is 11.3. The molecule has 2 amide bonds. The fourth-order valence-electron chi connectivity index (χ4n) is 4.15. The van der Waals surface area contributed by atoms with E-state index in [0.29, 0.717) is 23.7 Å². The molecule has 0 bridgehead atoms. The zero-order valence-electron chi connectivity index (χ0n) is 22.6. The van der Waals surface area contributed by atoms with Crippen molar-refractivity contribution in [1.29, 1.82) is 0 Å². The Morgan fingerprint density at radius 2 is 1.67 bits per heavy atom. The Hall–Kier alpha value is -3.56. The van der Waals surface area contributed by atoms with E-state index in [0.717, 1.165) is 15.4 Å². The lowest BCUT2D eigenvalue weighted by atomic mass is 10.1. The van der Waals surface area contributed by atoms with Crippen molar-refractivity contribution in [3.8, 4) is 5.75 Å². The van der Waals surface area contributed by atoms with Crippen LogP contribution in [0.15, 0.2) is 77.7 Å². The zero-order chi connectivity index (χ0) is 28.6. The molecule has 0 radical (unpaired) electrons. The van der Waals surface area contributed by atoms with Crippen LogP contribution in [0, 0.1) is 6.92 Å². The average Bonchev–Trinajstić information content (AvgIpc) is 2.92. The highest BCUT2D eigenvalue weighted by Crippen LogP contribution is 2.26. The third kappa shape index (κ3) is 7.52. The van der Waals surface area contributed by atoms with Crippen LogP contribution in [0.3, 0.4) is 0 Å². The van der Waals surface area contributed by atoms with Gasteiger partial charge < -0.3 is 15.0 Å². The first-order valence-corrected chi connectivity index (χ1v) is 14.5. The number of halogens is 1. The van der Waals surface area contributed by atoms with Gasteiger partial charge in [-0.25, -0.2) is 8.42 Å². The summed E-state index contributed by atoms with van der Waals surface area (Å²) in [6, 6.07) is 19.0. The molecule has 1 atom stereocenters. The van der Waals surface area contributed by atoms with Gasteiger partial charge in [0, 0.05) is 18.1 Å². The van der Waals surface area contributed by atoms with Crippen molar-refractivity contribution in [1.82, 2.24) is 10.2 Å². The third-order valence-electron chi connectivity index (χ3n) is 6.23. The molecule has 3 aromatic carbocycles. The number of benzene rings is 3. The fourth-order valence-corrected chi connectivity index (χ4v) is 5.69. The summed E-state index contributed by atoms with van der Waals surface area (Å²) < 4.78 is 34.0. The first-order chi connectivity index (χ1) is 18.6. The smallest absolute Gasteiger partial charge is 0.264 e. The molecule has 10 heteroatoms. The number of methoxy groups -OCH3 is 1. The third-order valence-corrected chi connectivity index (χ3v) is 8.27. The number of rotatable bonds is 12. The van der Waals surface area contributed by atoms with Gasteiger partial charge in [-0.3, -0.25) is 13.9 Å². The van der Waals surface area contributed by atoms with Gasteiger partial charge in [0.1, 0.15) is 18.3 Å². The Kier molecular flexibility index (Phi) is 10.4. The fraction of sp³-hybridized carbons (Fsp3) is 0.310. The first-order valence-electron chi connectivity index (χ1n) is 12.7. The molecule has 0 saturated carbocycles. The van der Waals surface area contributed by atoms with Crippen molar-refractivity contribution in [2.45, 2.75) is 44.7 Å². The van der Waals surface area contributed by atoms with Gasteiger partial charge in [0.05, 0.1) is 17.7 Å². The number of hydrogen-bond donors (Lipinski definition) is 1. The number of carbonyl (C=O) groups is 2. The molecule has 1 N–H and O–H groups in total. The van der Waals surface area contributed by atoms with Crippen molar-refractivity contribution >= 4 is 39.1 Å². The Morgan fingerprint density at radius 3 is 2.26 bits per heavy atom. The molecule has 0 aromatic heterocycles. The van der Waals surface area contributed by atoms with E-state index in [-0.39, 0.29) is 23.0 Å². The van der Waals surface area contributed by atoms with Crippen molar-refractivity contribution in [3.63, 3.8) is 0 Å². The number of ether oxygens (including phenoxy) is 1. The quantitative estimate of drug-likeness (QED) is 0.337. The Labute approximate surface area is 235 Å². The predicted octanol–water partition coefficient (Wildman–Crippen LogP) is 4.80. The van der Waals surface area contributed by atoms with Gasteiger partial charge >= 0.3 is 0 Å². The standard InChI is InChI=1S/C29H34ClN3O5S/c1-5-27(29(35)31-6-2)32(19-22-8-7-9-25(18-22)38-4)28(34)20-33(24-14-12-23(30)13-15-24)39(36,37)26-16-10-21(3)11-17-26/h7-18,27H,5-6,19-20H2,1-4H3,(H,31,35)/t27-/m0/s1. The molecule has 0 unspecified atom stereocenters. The molecular formula is C29H34ClN3O5S. The summed E-state index contributed by atoms with van der Waals surface area (Å²) in [6.45, 7) is 5.44. The Balaban J connectivity index is 2.06. The monoisotopic (exact) mass is 571 g/mol. The van der Waals surface area contributed by atoms with E-state index in [1.54, 1.807) is 68.6 Å². The summed E-state index contributed by atoms with van der Waals surface area (Å²) in [7, 11) is -2.59. The lowest BCUT2D eigenvalue weighted by Crippen LogP contribution is -2.52. The molecule has 0 aliphatic heterocycles. The Morgan fingerprint density at radius 1 is 1.00 bits per heavy atom. The molecule has 3 aromatic rings. The largest absolute Gasteiger partial charge is 0.497 e. The lowest BCUT2D eigenvalue weighted by molar-refractivity contribution is -0.140. The molecule has 0 aliphatic rings. The summed E-state index contributed by atoms with van der Waals surface area (Å²) in [6.07, 6.45) is 0.340. The van der Waals surface area contributed by atoms with Gasteiger partial charge in [0.2, 0.25) is 11.8 Å². The highest BCUT2D eigenvalue weighted by Gasteiger charge is 2.33. The van der Waals surface area contributed by atoms with Crippen LogP contribution in [0.1, 0.15) is 31.4 Å². The molecule has 0 spiro atoms.